The molecule has 3 nitrogen and oxygen atoms in total. The number of Topliss-reactive ketones (excluding diaryl/α,β-unsaturated/α-hetero) is 1. The van der Waals surface area contributed by atoms with Crippen LogP contribution >= 0.6 is 11.8 Å². The van der Waals surface area contributed by atoms with Crippen LogP contribution in [0.25, 0.3) is 0 Å². The van der Waals surface area contributed by atoms with Crippen molar-refractivity contribution in [2.75, 3.05) is 6.54 Å². The summed E-state index contributed by atoms with van der Waals surface area (Å²) < 4.78 is 0. The quantitative estimate of drug-likeness (QED) is 0.832. The minimum atomic E-state index is -0.203. The highest BCUT2D eigenvalue weighted by Crippen LogP contribution is 2.27. The topological polar surface area (TPSA) is 46.2 Å². The lowest BCUT2D eigenvalue weighted by atomic mass is 10.2. The van der Waals surface area contributed by atoms with Crippen LogP contribution < -0.4 is 5.32 Å². The molecule has 0 saturated carbocycles. The predicted molar refractivity (Wildman–Crippen MR) is 74.9 cm³/mol. The van der Waals surface area contributed by atoms with Crippen molar-refractivity contribution in [3.63, 3.8) is 0 Å². The Morgan fingerprint density at radius 3 is 2.56 bits per heavy atom. The first-order chi connectivity index (χ1) is 8.40. The number of carbonyl (C=O) groups is 2. The summed E-state index contributed by atoms with van der Waals surface area (Å²) in [6.07, 6.45) is 0. The van der Waals surface area contributed by atoms with Crippen LogP contribution in [0.1, 0.15) is 25.0 Å². The average Bonchev–Trinajstić information content (AvgIpc) is 2.29. The van der Waals surface area contributed by atoms with Crippen LogP contribution in [0.15, 0.2) is 23.1 Å². The zero-order valence-electron chi connectivity index (χ0n) is 11.2. The molecular weight excluding hydrogens is 246 g/mol. The van der Waals surface area contributed by atoms with Gasteiger partial charge in [-0.15, -0.1) is 11.8 Å². The number of thioether (sulfide) groups is 1. The SMILES string of the molecule is CC(=O)CNC(=O)[C@@H](C)Sc1ccc(C)cc1C. The third-order valence-electron chi connectivity index (χ3n) is 2.51. The lowest BCUT2D eigenvalue weighted by Crippen LogP contribution is -2.34. The molecule has 0 unspecified atom stereocenters. The van der Waals surface area contributed by atoms with Gasteiger partial charge in [0, 0.05) is 4.90 Å². The van der Waals surface area contributed by atoms with Gasteiger partial charge in [-0.3, -0.25) is 9.59 Å². The van der Waals surface area contributed by atoms with E-state index in [0.717, 1.165) is 4.90 Å². The molecule has 1 N–H and O–H groups in total. The monoisotopic (exact) mass is 265 g/mol. The molecule has 0 aliphatic heterocycles. The molecule has 0 aliphatic rings. The average molecular weight is 265 g/mol. The van der Waals surface area contributed by atoms with Crippen LogP contribution in [0.4, 0.5) is 0 Å². The Bertz CT molecular complexity index is 457. The largest absolute Gasteiger partial charge is 0.348 e. The Morgan fingerprint density at radius 2 is 2.00 bits per heavy atom. The van der Waals surface area contributed by atoms with E-state index in [2.05, 4.69) is 11.4 Å². The summed E-state index contributed by atoms with van der Waals surface area (Å²) in [4.78, 5) is 23.6. The van der Waals surface area contributed by atoms with Gasteiger partial charge < -0.3 is 5.32 Å². The van der Waals surface area contributed by atoms with Crippen LogP contribution in [0, 0.1) is 13.8 Å². The van der Waals surface area contributed by atoms with Gasteiger partial charge in [-0.2, -0.15) is 0 Å². The Labute approximate surface area is 112 Å². The summed E-state index contributed by atoms with van der Waals surface area (Å²) in [5.74, 6) is -0.137. The molecule has 1 amide bonds. The number of rotatable bonds is 5. The van der Waals surface area contributed by atoms with Crippen molar-refractivity contribution in [1.29, 1.82) is 0 Å². The Morgan fingerprint density at radius 1 is 1.33 bits per heavy atom. The smallest absolute Gasteiger partial charge is 0.233 e. The fourth-order valence-electron chi connectivity index (χ4n) is 1.53. The van der Waals surface area contributed by atoms with E-state index in [1.54, 1.807) is 0 Å². The van der Waals surface area contributed by atoms with Crippen molar-refractivity contribution in [2.24, 2.45) is 0 Å². The predicted octanol–water partition coefficient (Wildman–Crippen LogP) is 2.49. The second-order valence-electron chi connectivity index (χ2n) is 4.45. The van der Waals surface area contributed by atoms with Gasteiger partial charge >= 0.3 is 0 Å². The maximum Gasteiger partial charge on any atom is 0.233 e. The molecule has 0 aromatic heterocycles. The van der Waals surface area contributed by atoms with Gasteiger partial charge in [-0.25, -0.2) is 0 Å². The molecule has 0 saturated heterocycles. The molecule has 0 bridgehead atoms. The second kappa shape index (κ2) is 6.59. The normalized spacial score (nSPS) is 12.0. The molecule has 1 aromatic carbocycles. The lowest BCUT2D eigenvalue weighted by Gasteiger charge is -2.13. The molecule has 0 radical (unpaired) electrons. The van der Waals surface area contributed by atoms with Crippen molar-refractivity contribution in [2.45, 2.75) is 37.8 Å². The number of hydrogen-bond donors (Lipinski definition) is 1. The summed E-state index contributed by atoms with van der Waals surface area (Å²) >= 11 is 1.52. The molecule has 0 fully saturated rings. The molecule has 1 rings (SSSR count). The van der Waals surface area contributed by atoms with Gasteiger partial charge in [0.15, 0.2) is 0 Å². The maximum atomic E-state index is 11.7. The number of carbonyl (C=O) groups excluding carboxylic acids is 2. The van der Waals surface area contributed by atoms with Crippen molar-refractivity contribution < 1.29 is 9.59 Å². The molecule has 1 atom stereocenters. The van der Waals surface area contributed by atoms with E-state index in [1.807, 2.05) is 32.9 Å². The highest BCUT2D eigenvalue weighted by molar-refractivity contribution is 8.00. The van der Waals surface area contributed by atoms with Crippen molar-refractivity contribution in [3.05, 3.63) is 29.3 Å². The summed E-state index contributed by atoms with van der Waals surface area (Å²) in [5.41, 5.74) is 2.39. The van der Waals surface area contributed by atoms with Gasteiger partial charge in [0.1, 0.15) is 5.78 Å². The van der Waals surface area contributed by atoms with Gasteiger partial charge in [-0.05, 0) is 39.3 Å². The Balaban J connectivity index is 2.60. The van der Waals surface area contributed by atoms with Crippen LogP contribution in [0.2, 0.25) is 0 Å². The van der Waals surface area contributed by atoms with E-state index in [9.17, 15) is 9.59 Å². The van der Waals surface area contributed by atoms with Crippen molar-refractivity contribution >= 4 is 23.5 Å². The van der Waals surface area contributed by atoms with Crippen LogP contribution in [0.5, 0.6) is 0 Å². The van der Waals surface area contributed by atoms with Crippen molar-refractivity contribution in [1.82, 2.24) is 5.32 Å². The molecule has 1 aromatic rings. The van der Waals surface area contributed by atoms with Crippen molar-refractivity contribution in [3.8, 4) is 0 Å². The second-order valence-corrected chi connectivity index (χ2v) is 5.83. The summed E-state index contributed by atoms with van der Waals surface area (Å²) in [6.45, 7) is 7.50. The number of aryl methyl sites for hydroxylation is 2. The summed E-state index contributed by atoms with van der Waals surface area (Å²) in [6, 6.07) is 6.17. The zero-order valence-corrected chi connectivity index (χ0v) is 12.1. The lowest BCUT2D eigenvalue weighted by molar-refractivity contribution is -0.123. The Hall–Kier alpha value is -1.29. The summed E-state index contributed by atoms with van der Waals surface area (Å²) in [7, 11) is 0. The maximum absolute atomic E-state index is 11.7. The fourth-order valence-corrected chi connectivity index (χ4v) is 2.49. The van der Waals surface area contributed by atoms with E-state index in [0.29, 0.717) is 0 Å². The van der Waals surface area contributed by atoms with E-state index < -0.39 is 0 Å². The standard InChI is InChI=1S/C14H19NO2S/c1-9-5-6-13(10(2)7-9)18-12(4)14(17)15-8-11(3)16/h5-7,12H,8H2,1-4H3,(H,15,17)/t12-/m1/s1. The van der Waals surface area contributed by atoms with Crippen LogP contribution in [0.3, 0.4) is 0 Å². The highest BCUT2D eigenvalue weighted by Gasteiger charge is 2.15. The minimum Gasteiger partial charge on any atom is -0.348 e. The first-order valence-electron chi connectivity index (χ1n) is 5.91. The van der Waals surface area contributed by atoms with Crippen LogP contribution in [-0.4, -0.2) is 23.5 Å². The number of hydrogen-bond acceptors (Lipinski definition) is 3. The van der Waals surface area contributed by atoms with Gasteiger partial charge in [0.2, 0.25) is 5.91 Å². The molecule has 4 heteroatoms. The fraction of sp³-hybridized carbons (Fsp3) is 0.429. The Kier molecular flexibility index (Phi) is 5.41. The molecule has 18 heavy (non-hydrogen) atoms. The van der Waals surface area contributed by atoms with Gasteiger partial charge in [0.25, 0.3) is 0 Å². The molecule has 98 valence electrons. The zero-order chi connectivity index (χ0) is 13.7. The third-order valence-corrected chi connectivity index (χ3v) is 3.79. The van der Waals surface area contributed by atoms with Crippen LogP contribution in [-0.2, 0) is 9.59 Å². The molecule has 0 spiro atoms. The van der Waals surface area contributed by atoms with Gasteiger partial charge in [0.05, 0.1) is 11.8 Å². The number of benzene rings is 1. The molecule has 0 aliphatic carbocycles. The van der Waals surface area contributed by atoms with Gasteiger partial charge in [-0.1, -0.05) is 17.7 Å². The number of ketones is 1. The third kappa shape index (κ3) is 4.53. The van der Waals surface area contributed by atoms with E-state index >= 15 is 0 Å². The highest BCUT2D eigenvalue weighted by atomic mass is 32.2. The molecular formula is C14H19NO2S. The van der Waals surface area contributed by atoms with E-state index in [1.165, 1.54) is 29.8 Å². The minimum absolute atomic E-state index is 0.0351. The van der Waals surface area contributed by atoms with E-state index in [4.69, 9.17) is 0 Å². The first kappa shape index (κ1) is 14.8. The number of amides is 1. The first-order valence-corrected chi connectivity index (χ1v) is 6.79. The number of nitrogens with one attached hydrogen (secondary N) is 1. The van der Waals surface area contributed by atoms with E-state index in [-0.39, 0.29) is 23.5 Å². The molecule has 0 heterocycles. The summed E-state index contributed by atoms with van der Waals surface area (Å²) in [5, 5.41) is 2.42.